The summed E-state index contributed by atoms with van der Waals surface area (Å²) in [5.74, 6) is 1.68. The van der Waals surface area contributed by atoms with Crippen molar-refractivity contribution >= 4 is 27.8 Å². The summed E-state index contributed by atoms with van der Waals surface area (Å²) in [6, 6.07) is 8.49. The number of furan rings is 1. The van der Waals surface area contributed by atoms with Gasteiger partial charge in [-0.15, -0.1) is 6.42 Å². The van der Waals surface area contributed by atoms with Crippen molar-refractivity contribution in [1.82, 2.24) is 19.7 Å². The van der Waals surface area contributed by atoms with Crippen LogP contribution in [-0.4, -0.2) is 55.5 Å². The van der Waals surface area contributed by atoms with Gasteiger partial charge in [0.25, 0.3) is 5.91 Å². The average molecular weight is 496 g/mol. The van der Waals surface area contributed by atoms with Crippen LogP contribution in [0.2, 0.25) is 0 Å². The third-order valence-corrected chi connectivity index (χ3v) is 6.83. The number of piperidine rings is 1. The molecule has 1 amide bonds. The lowest BCUT2D eigenvalue weighted by molar-refractivity contribution is -0.141. The number of rotatable bonds is 4. The van der Waals surface area contributed by atoms with Crippen LogP contribution in [0.25, 0.3) is 33.1 Å². The highest BCUT2D eigenvalue weighted by molar-refractivity contribution is 6.03. The van der Waals surface area contributed by atoms with E-state index < -0.39 is 24.2 Å². The quantitative estimate of drug-likeness (QED) is 0.416. The maximum atomic E-state index is 13.4. The highest BCUT2D eigenvalue weighted by atomic mass is 19.4. The van der Waals surface area contributed by atoms with Crippen molar-refractivity contribution in [3.8, 4) is 23.6 Å². The van der Waals surface area contributed by atoms with E-state index in [2.05, 4.69) is 16.0 Å². The van der Waals surface area contributed by atoms with E-state index in [1.807, 2.05) is 6.92 Å². The molecule has 1 aliphatic rings. The number of pyridine rings is 1. The number of para-hydroxylation sites is 1. The van der Waals surface area contributed by atoms with Crippen molar-refractivity contribution in [3.63, 3.8) is 0 Å². The van der Waals surface area contributed by atoms with Crippen LogP contribution in [0.4, 0.5) is 13.2 Å². The van der Waals surface area contributed by atoms with Gasteiger partial charge >= 0.3 is 6.18 Å². The molecule has 2 unspecified atom stereocenters. The molecule has 2 atom stereocenters. The highest BCUT2D eigenvalue weighted by Crippen LogP contribution is 2.36. The van der Waals surface area contributed by atoms with E-state index >= 15 is 0 Å². The van der Waals surface area contributed by atoms with E-state index in [4.69, 9.17) is 10.8 Å². The van der Waals surface area contributed by atoms with E-state index in [1.54, 1.807) is 24.3 Å². The summed E-state index contributed by atoms with van der Waals surface area (Å²) in [4.78, 5) is 19.1. The van der Waals surface area contributed by atoms with Gasteiger partial charge in [0.15, 0.2) is 0 Å². The average Bonchev–Trinajstić information content (AvgIpc) is 3.44. The molecule has 3 aromatic heterocycles. The summed E-state index contributed by atoms with van der Waals surface area (Å²) in [5.41, 5.74) is 0.233. The Kier molecular flexibility index (Phi) is 5.75. The number of carbonyl (C=O) groups is 1. The number of fused-ring (bicyclic) bond motifs is 2. The smallest absolute Gasteiger partial charge is 0.408 e. The molecular weight excluding hydrogens is 473 g/mol. The van der Waals surface area contributed by atoms with Crippen LogP contribution < -0.4 is 0 Å². The van der Waals surface area contributed by atoms with E-state index in [0.29, 0.717) is 28.3 Å². The lowest BCUT2D eigenvalue weighted by Gasteiger charge is -2.41. The Hall–Kier alpha value is -3.84. The van der Waals surface area contributed by atoms with Gasteiger partial charge in [0.05, 0.1) is 5.52 Å². The van der Waals surface area contributed by atoms with Crippen LogP contribution in [0, 0.1) is 18.3 Å². The number of hydrogen-bond donors (Lipinski definition) is 1. The van der Waals surface area contributed by atoms with Crippen LogP contribution in [0.3, 0.4) is 0 Å². The second kappa shape index (κ2) is 8.68. The summed E-state index contributed by atoms with van der Waals surface area (Å²) >= 11 is 0. The Bertz CT molecular complexity index is 1500. The third kappa shape index (κ3) is 4.09. The lowest BCUT2D eigenvalue weighted by atomic mass is 9.80. The van der Waals surface area contributed by atoms with E-state index in [0.717, 1.165) is 4.68 Å². The Labute approximate surface area is 204 Å². The fourth-order valence-corrected chi connectivity index (χ4v) is 4.86. The van der Waals surface area contributed by atoms with Gasteiger partial charge < -0.3 is 14.4 Å². The number of aliphatic hydroxyl groups is 1. The number of terminal acetylenes is 1. The first-order valence-electron chi connectivity index (χ1n) is 11.5. The van der Waals surface area contributed by atoms with Crippen molar-refractivity contribution in [2.45, 2.75) is 38.1 Å². The molecule has 5 rings (SSSR count). The first kappa shape index (κ1) is 23.9. The molecule has 4 heterocycles. The summed E-state index contributed by atoms with van der Waals surface area (Å²) in [7, 11) is 0. The predicted molar refractivity (Wildman–Crippen MR) is 127 cm³/mol. The molecule has 0 radical (unpaired) electrons. The van der Waals surface area contributed by atoms with Crippen LogP contribution in [0.5, 0.6) is 0 Å². The van der Waals surface area contributed by atoms with E-state index in [-0.39, 0.29) is 42.3 Å². The molecule has 1 aliphatic heterocycles. The van der Waals surface area contributed by atoms with E-state index in [1.165, 1.54) is 23.4 Å². The number of benzene rings is 1. The Morgan fingerprint density at radius 2 is 2.11 bits per heavy atom. The van der Waals surface area contributed by atoms with E-state index in [9.17, 15) is 23.1 Å². The molecule has 0 bridgehead atoms. The Morgan fingerprint density at radius 3 is 2.83 bits per heavy atom. The van der Waals surface area contributed by atoms with Crippen molar-refractivity contribution in [2.75, 3.05) is 13.1 Å². The minimum Gasteiger partial charge on any atom is -0.464 e. The lowest BCUT2D eigenvalue weighted by Crippen LogP contribution is -2.52. The zero-order valence-corrected chi connectivity index (χ0v) is 19.4. The molecule has 1 saturated heterocycles. The summed E-state index contributed by atoms with van der Waals surface area (Å²) in [6.07, 6.45) is 4.60. The molecule has 0 spiro atoms. The Morgan fingerprint density at radius 1 is 1.33 bits per heavy atom. The van der Waals surface area contributed by atoms with Gasteiger partial charge in [-0.3, -0.25) is 14.5 Å². The molecular formula is C26H23F3N4O3. The molecule has 0 aliphatic carbocycles. The molecule has 10 heteroatoms. The normalized spacial score (nSPS) is 20.7. The van der Waals surface area contributed by atoms with Crippen LogP contribution in [0.1, 0.15) is 30.3 Å². The zero-order chi connectivity index (χ0) is 25.7. The number of nitrogens with zero attached hydrogens (tertiary/aromatic N) is 4. The topological polar surface area (TPSA) is 84.4 Å². The molecule has 36 heavy (non-hydrogen) atoms. The standard InChI is InChI=1S/C26H23F3N4O3/c1-3-16-13-32(10-9-25(16,35)4-2)24(34)20-11-21-18(12-30-20)23(31-33(21)15-26(27,28)29)19-14-36-22-8-6-5-7-17(19)22/h2,5-8,11-12,14,16,35H,3,9-10,13,15H2,1H3. The molecule has 186 valence electrons. The zero-order valence-electron chi connectivity index (χ0n) is 19.4. The van der Waals surface area contributed by atoms with Crippen molar-refractivity contribution in [1.29, 1.82) is 0 Å². The first-order valence-corrected chi connectivity index (χ1v) is 11.5. The fraction of sp³-hybridized carbons (Fsp3) is 0.346. The molecule has 1 fully saturated rings. The molecule has 1 aromatic carbocycles. The van der Waals surface area contributed by atoms with Crippen molar-refractivity contribution in [2.24, 2.45) is 5.92 Å². The number of alkyl halides is 3. The number of halogens is 3. The van der Waals surface area contributed by atoms with Gasteiger partial charge in [-0.2, -0.15) is 18.3 Å². The van der Waals surface area contributed by atoms with Crippen LogP contribution >= 0.6 is 0 Å². The molecule has 4 aromatic rings. The highest BCUT2D eigenvalue weighted by Gasteiger charge is 2.41. The van der Waals surface area contributed by atoms with Gasteiger partial charge in [0, 0.05) is 48.0 Å². The van der Waals surface area contributed by atoms with Crippen LogP contribution in [0.15, 0.2) is 47.2 Å². The second-order valence-electron chi connectivity index (χ2n) is 9.03. The van der Waals surface area contributed by atoms with Gasteiger partial charge in [0.1, 0.15) is 35.4 Å². The molecule has 1 N–H and O–H groups in total. The number of hydrogen-bond acceptors (Lipinski definition) is 5. The third-order valence-electron chi connectivity index (χ3n) is 6.83. The minimum absolute atomic E-state index is 0.00423. The van der Waals surface area contributed by atoms with Crippen LogP contribution in [-0.2, 0) is 6.54 Å². The minimum atomic E-state index is -4.52. The monoisotopic (exact) mass is 496 g/mol. The predicted octanol–water partition coefficient (Wildman–Crippen LogP) is 4.64. The summed E-state index contributed by atoms with van der Waals surface area (Å²) in [6.45, 7) is 0.990. The maximum absolute atomic E-state index is 13.4. The summed E-state index contributed by atoms with van der Waals surface area (Å²) in [5, 5.41) is 16.0. The number of amides is 1. The molecule has 7 nitrogen and oxygen atoms in total. The summed E-state index contributed by atoms with van der Waals surface area (Å²) < 4.78 is 46.6. The van der Waals surface area contributed by atoms with Gasteiger partial charge in [-0.05, 0) is 18.6 Å². The fourth-order valence-electron chi connectivity index (χ4n) is 4.86. The number of carbonyl (C=O) groups excluding carboxylic acids is 1. The first-order chi connectivity index (χ1) is 17.1. The van der Waals surface area contributed by atoms with Crippen molar-refractivity contribution in [3.05, 3.63) is 48.5 Å². The van der Waals surface area contributed by atoms with Gasteiger partial charge in [0.2, 0.25) is 0 Å². The van der Waals surface area contributed by atoms with Crippen molar-refractivity contribution < 1.29 is 27.5 Å². The maximum Gasteiger partial charge on any atom is 0.408 e. The SMILES string of the molecule is C#CC1(O)CCN(C(=O)c2cc3c(cn2)c(-c2coc4ccccc24)nn3CC(F)(F)F)CC1CC. The molecule has 0 saturated carbocycles. The largest absolute Gasteiger partial charge is 0.464 e. The Balaban J connectivity index is 1.56. The number of aromatic nitrogens is 3. The van der Waals surface area contributed by atoms with Gasteiger partial charge in [-0.1, -0.05) is 31.0 Å². The number of likely N-dealkylation sites (tertiary alicyclic amines) is 1. The second-order valence-corrected chi connectivity index (χ2v) is 9.03. The van der Waals surface area contributed by atoms with Gasteiger partial charge in [-0.25, -0.2) is 0 Å².